The van der Waals surface area contributed by atoms with Gasteiger partial charge in [-0.2, -0.15) is 0 Å². The molecular weight excluding hydrogens is 251 g/mol. The van der Waals surface area contributed by atoms with Crippen LogP contribution in [0.1, 0.15) is 44.8 Å². The van der Waals surface area contributed by atoms with Crippen LogP contribution in [-0.2, 0) is 0 Å². The van der Waals surface area contributed by atoms with Gasteiger partial charge < -0.3 is 5.11 Å². The first-order valence-electron chi connectivity index (χ1n) is 5.21. The van der Waals surface area contributed by atoms with E-state index in [1.54, 1.807) is 6.07 Å². The lowest BCUT2D eigenvalue weighted by atomic mass is 9.94. The van der Waals surface area contributed by atoms with E-state index in [0.29, 0.717) is 14.6 Å². The molecule has 0 radical (unpaired) electrons. The molecule has 1 aromatic rings. The summed E-state index contributed by atoms with van der Waals surface area (Å²) in [7, 11) is 0. The van der Waals surface area contributed by atoms with Crippen molar-refractivity contribution in [1.82, 2.24) is 0 Å². The Kier molecular flexibility index (Phi) is 5.41. The van der Waals surface area contributed by atoms with Crippen LogP contribution < -0.4 is 0 Å². The van der Waals surface area contributed by atoms with Gasteiger partial charge in [0.1, 0.15) is 4.34 Å². The van der Waals surface area contributed by atoms with E-state index in [1.807, 2.05) is 0 Å². The van der Waals surface area contributed by atoms with Crippen LogP contribution in [0.3, 0.4) is 0 Å². The standard InChI is InChI=1S/C11H16Cl2OS/c1-3-7(4-2)5-9(14)8-6-10(12)15-11(8)13/h6-7,9,14H,3-5H2,1-2H3. The van der Waals surface area contributed by atoms with E-state index in [1.165, 1.54) is 11.3 Å². The van der Waals surface area contributed by atoms with Crippen molar-refractivity contribution in [1.29, 1.82) is 0 Å². The normalized spacial score (nSPS) is 13.5. The summed E-state index contributed by atoms with van der Waals surface area (Å²) in [6, 6.07) is 1.77. The molecule has 0 amide bonds. The van der Waals surface area contributed by atoms with Crippen molar-refractivity contribution >= 4 is 34.5 Å². The second-order valence-corrected chi connectivity index (χ2v) is 6.00. The Hall–Kier alpha value is 0.240. The molecule has 4 heteroatoms. The average molecular weight is 267 g/mol. The van der Waals surface area contributed by atoms with Gasteiger partial charge in [-0.25, -0.2) is 0 Å². The van der Waals surface area contributed by atoms with E-state index < -0.39 is 6.10 Å². The molecule has 0 bridgehead atoms. The summed E-state index contributed by atoms with van der Waals surface area (Å²) in [5, 5.41) is 10.0. The summed E-state index contributed by atoms with van der Waals surface area (Å²) < 4.78 is 1.25. The van der Waals surface area contributed by atoms with Crippen molar-refractivity contribution in [2.24, 2.45) is 5.92 Å². The molecule has 15 heavy (non-hydrogen) atoms. The van der Waals surface area contributed by atoms with Gasteiger partial charge in [-0.15, -0.1) is 11.3 Å². The number of halogens is 2. The first-order valence-corrected chi connectivity index (χ1v) is 6.78. The molecule has 1 unspecified atom stereocenters. The van der Waals surface area contributed by atoms with Gasteiger partial charge in [0.15, 0.2) is 0 Å². The van der Waals surface area contributed by atoms with Crippen LogP contribution >= 0.6 is 34.5 Å². The Bertz CT molecular complexity index is 308. The summed E-state index contributed by atoms with van der Waals surface area (Å²) in [5.74, 6) is 0.551. The van der Waals surface area contributed by atoms with Crippen molar-refractivity contribution < 1.29 is 5.11 Å². The van der Waals surface area contributed by atoms with Gasteiger partial charge >= 0.3 is 0 Å². The summed E-state index contributed by atoms with van der Waals surface area (Å²) in [6.45, 7) is 4.28. The highest BCUT2D eigenvalue weighted by Crippen LogP contribution is 2.37. The highest BCUT2D eigenvalue weighted by atomic mass is 35.5. The summed E-state index contributed by atoms with van der Waals surface area (Å²) >= 11 is 13.1. The van der Waals surface area contributed by atoms with E-state index in [9.17, 15) is 5.11 Å². The number of aliphatic hydroxyl groups excluding tert-OH is 1. The Labute approximate surface area is 105 Å². The molecule has 0 aliphatic heterocycles. The van der Waals surface area contributed by atoms with Crippen LogP contribution in [0.5, 0.6) is 0 Å². The minimum atomic E-state index is -0.480. The lowest BCUT2D eigenvalue weighted by molar-refractivity contribution is 0.141. The van der Waals surface area contributed by atoms with Crippen molar-refractivity contribution in [3.8, 4) is 0 Å². The largest absolute Gasteiger partial charge is 0.388 e. The molecule has 0 saturated heterocycles. The van der Waals surface area contributed by atoms with E-state index in [4.69, 9.17) is 23.2 Å². The molecule has 0 fully saturated rings. The van der Waals surface area contributed by atoms with E-state index in [0.717, 1.165) is 24.8 Å². The first kappa shape index (κ1) is 13.3. The van der Waals surface area contributed by atoms with Crippen molar-refractivity contribution in [3.05, 3.63) is 20.3 Å². The number of aliphatic hydroxyl groups is 1. The van der Waals surface area contributed by atoms with Crippen LogP contribution in [0.2, 0.25) is 8.67 Å². The fourth-order valence-corrected chi connectivity index (χ4v) is 3.21. The Morgan fingerprint density at radius 2 is 1.93 bits per heavy atom. The van der Waals surface area contributed by atoms with Crippen molar-refractivity contribution in [3.63, 3.8) is 0 Å². The van der Waals surface area contributed by atoms with Gasteiger partial charge in [-0.3, -0.25) is 0 Å². The number of hydrogen-bond acceptors (Lipinski definition) is 2. The summed E-state index contributed by atoms with van der Waals surface area (Å²) in [6.07, 6.45) is 2.46. The van der Waals surface area contributed by atoms with Gasteiger partial charge in [0.2, 0.25) is 0 Å². The van der Waals surface area contributed by atoms with E-state index >= 15 is 0 Å². The van der Waals surface area contributed by atoms with Gasteiger partial charge in [0, 0.05) is 5.56 Å². The molecule has 0 aromatic carbocycles. The van der Waals surface area contributed by atoms with Crippen molar-refractivity contribution in [2.75, 3.05) is 0 Å². The molecule has 1 atom stereocenters. The van der Waals surface area contributed by atoms with Gasteiger partial charge in [0.05, 0.1) is 10.4 Å². The number of hydrogen-bond donors (Lipinski definition) is 1. The molecule has 0 aliphatic carbocycles. The maximum absolute atomic E-state index is 10.0. The molecule has 0 aliphatic rings. The van der Waals surface area contributed by atoms with Crippen LogP contribution in [0, 0.1) is 5.92 Å². The van der Waals surface area contributed by atoms with Crippen LogP contribution in [0.25, 0.3) is 0 Å². The fourth-order valence-electron chi connectivity index (χ4n) is 1.64. The molecule has 86 valence electrons. The van der Waals surface area contributed by atoms with Gasteiger partial charge in [-0.1, -0.05) is 49.9 Å². The molecular formula is C11H16Cl2OS. The summed E-state index contributed by atoms with van der Waals surface area (Å²) in [5.41, 5.74) is 0.776. The Morgan fingerprint density at radius 1 is 1.33 bits per heavy atom. The molecule has 1 heterocycles. The molecule has 1 aromatic heterocycles. The predicted molar refractivity (Wildman–Crippen MR) is 68.0 cm³/mol. The van der Waals surface area contributed by atoms with Crippen LogP contribution in [0.15, 0.2) is 6.07 Å². The van der Waals surface area contributed by atoms with Gasteiger partial charge in [0.25, 0.3) is 0 Å². The van der Waals surface area contributed by atoms with Crippen LogP contribution in [-0.4, -0.2) is 5.11 Å². The third-order valence-corrected chi connectivity index (χ3v) is 4.27. The third-order valence-electron chi connectivity index (χ3n) is 2.75. The zero-order chi connectivity index (χ0) is 11.4. The minimum absolute atomic E-state index is 0.480. The molecule has 1 N–H and O–H groups in total. The zero-order valence-corrected chi connectivity index (χ0v) is 11.3. The molecule has 0 spiro atoms. The quantitative estimate of drug-likeness (QED) is 0.803. The van der Waals surface area contributed by atoms with Crippen molar-refractivity contribution in [2.45, 2.75) is 39.2 Å². The highest BCUT2D eigenvalue weighted by Gasteiger charge is 2.18. The van der Waals surface area contributed by atoms with Crippen LogP contribution in [0.4, 0.5) is 0 Å². The number of thiophene rings is 1. The smallest absolute Gasteiger partial charge is 0.100 e. The summed E-state index contributed by atoms with van der Waals surface area (Å²) in [4.78, 5) is 0. The van der Waals surface area contributed by atoms with Gasteiger partial charge in [-0.05, 0) is 18.4 Å². The molecule has 0 saturated carbocycles. The van der Waals surface area contributed by atoms with E-state index in [2.05, 4.69) is 13.8 Å². The zero-order valence-electron chi connectivity index (χ0n) is 8.96. The Morgan fingerprint density at radius 3 is 2.33 bits per heavy atom. The predicted octanol–water partition coefficient (Wildman–Crippen LogP) is 4.91. The lowest BCUT2D eigenvalue weighted by Crippen LogP contribution is -2.05. The Balaban J connectivity index is 2.67. The number of rotatable bonds is 5. The molecule has 1 nitrogen and oxygen atoms in total. The highest BCUT2D eigenvalue weighted by molar-refractivity contribution is 7.20. The maximum atomic E-state index is 10.0. The fraction of sp³-hybridized carbons (Fsp3) is 0.636. The third kappa shape index (κ3) is 3.63. The second kappa shape index (κ2) is 6.09. The topological polar surface area (TPSA) is 20.2 Å². The maximum Gasteiger partial charge on any atom is 0.100 e. The monoisotopic (exact) mass is 266 g/mol. The average Bonchev–Trinajstić information content (AvgIpc) is 2.54. The first-order chi connectivity index (χ1) is 7.08. The molecule has 1 rings (SSSR count). The SMILES string of the molecule is CCC(CC)CC(O)c1cc(Cl)sc1Cl. The lowest BCUT2D eigenvalue weighted by Gasteiger charge is -2.16. The minimum Gasteiger partial charge on any atom is -0.388 e. The van der Waals surface area contributed by atoms with E-state index in [-0.39, 0.29) is 0 Å². The second-order valence-electron chi connectivity index (χ2n) is 3.71.